The summed E-state index contributed by atoms with van der Waals surface area (Å²) in [5, 5.41) is 70.1. The van der Waals surface area contributed by atoms with Gasteiger partial charge < -0.3 is 36.0 Å². The summed E-state index contributed by atoms with van der Waals surface area (Å²) in [7, 11) is 0. The Morgan fingerprint density at radius 2 is 1.29 bits per heavy atom. The lowest BCUT2D eigenvalue weighted by atomic mass is 9.50. The molecular formula is C28H19NO9. The van der Waals surface area contributed by atoms with Gasteiger partial charge in [0.2, 0.25) is 17.3 Å². The Bertz CT molecular complexity index is 1760. The van der Waals surface area contributed by atoms with Gasteiger partial charge in [0.25, 0.3) is 0 Å². The summed E-state index contributed by atoms with van der Waals surface area (Å²) >= 11 is 0. The van der Waals surface area contributed by atoms with E-state index < -0.39 is 80.2 Å². The number of aliphatic hydroxyl groups excluding tert-OH is 1. The molecule has 10 heteroatoms. The lowest BCUT2D eigenvalue weighted by Crippen LogP contribution is -2.69. The summed E-state index contributed by atoms with van der Waals surface area (Å²) in [6.45, 7) is 1.31. The molecule has 4 unspecified atom stereocenters. The Morgan fingerprint density at radius 3 is 1.92 bits per heavy atom. The molecular weight excluding hydrogens is 494 g/mol. The number of phenolic OH excluding ortho intramolecular Hbond substituents is 3. The van der Waals surface area contributed by atoms with E-state index in [-0.39, 0.29) is 22.4 Å². The molecule has 190 valence electrons. The minimum Gasteiger partial charge on any atom is -0.507 e. The van der Waals surface area contributed by atoms with E-state index in [1.807, 2.05) is 0 Å². The highest BCUT2D eigenvalue weighted by Crippen LogP contribution is 2.66. The van der Waals surface area contributed by atoms with Gasteiger partial charge in [0.15, 0.2) is 5.76 Å². The molecule has 3 aromatic rings. The molecule has 38 heavy (non-hydrogen) atoms. The van der Waals surface area contributed by atoms with E-state index in [0.717, 1.165) is 18.2 Å². The average Bonchev–Trinajstić information content (AvgIpc) is 2.88. The molecule has 4 bridgehead atoms. The zero-order chi connectivity index (χ0) is 27.0. The SMILES string of the molecule is CC1=C(O)C(=O)C2c3ccccc3C3Nc4c(cc(O)c5c4C(=O)c4c(O)ccc(O)c4C5=O)C2(O)C13O. The summed E-state index contributed by atoms with van der Waals surface area (Å²) in [4.78, 5) is 40.7. The molecule has 1 aliphatic heterocycles. The van der Waals surface area contributed by atoms with E-state index in [0.29, 0.717) is 11.1 Å². The van der Waals surface area contributed by atoms with Crippen LogP contribution in [0.25, 0.3) is 0 Å². The Labute approximate surface area is 213 Å². The monoisotopic (exact) mass is 513 g/mol. The molecule has 1 heterocycles. The third-order valence-electron chi connectivity index (χ3n) is 8.53. The molecule has 0 saturated heterocycles. The molecule has 0 spiro atoms. The predicted molar refractivity (Wildman–Crippen MR) is 129 cm³/mol. The number of benzene rings is 3. The standard InChI is InChI=1S/C28H19NO9/c1-9-22(33)25(36)20-10-4-2-3-5-11(10)26-27(9,37)28(20,38)12-8-15(32)18-19(21(12)29-26)24(35)17-14(31)7-6-13(30)16(17)23(18)34/h2-8,20,26,29-33,37-38H,1H3. The van der Waals surface area contributed by atoms with Crippen LogP contribution in [0.3, 0.4) is 0 Å². The number of carbonyl (C=O) groups is 3. The van der Waals surface area contributed by atoms with Crippen LogP contribution in [0.5, 0.6) is 17.2 Å². The normalized spacial score (nSPS) is 28.2. The van der Waals surface area contributed by atoms with E-state index in [1.165, 1.54) is 6.92 Å². The van der Waals surface area contributed by atoms with Gasteiger partial charge in [0, 0.05) is 11.1 Å². The van der Waals surface area contributed by atoms with Crippen molar-refractivity contribution < 1.29 is 45.0 Å². The summed E-state index contributed by atoms with van der Waals surface area (Å²) in [5.74, 6) is -6.81. The van der Waals surface area contributed by atoms with E-state index in [9.17, 15) is 45.0 Å². The fourth-order valence-corrected chi connectivity index (χ4v) is 6.82. The van der Waals surface area contributed by atoms with Gasteiger partial charge in [-0.2, -0.15) is 0 Å². The number of carbonyl (C=O) groups excluding carboxylic acids is 3. The largest absolute Gasteiger partial charge is 0.507 e. The van der Waals surface area contributed by atoms with Gasteiger partial charge in [-0.25, -0.2) is 0 Å². The van der Waals surface area contributed by atoms with Crippen LogP contribution in [0.1, 0.15) is 67.4 Å². The van der Waals surface area contributed by atoms with Gasteiger partial charge in [0.05, 0.1) is 39.9 Å². The van der Waals surface area contributed by atoms with E-state index in [2.05, 4.69) is 5.32 Å². The first kappa shape index (κ1) is 22.5. The first-order chi connectivity index (χ1) is 18.0. The Hall–Kier alpha value is -4.67. The maximum atomic E-state index is 13.8. The lowest BCUT2D eigenvalue weighted by Gasteiger charge is -2.61. The van der Waals surface area contributed by atoms with Crippen molar-refractivity contribution in [3.8, 4) is 17.2 Å². The Balaban J connectivity index is 1.62. The summed E-state index contributed by atoms with van der Waals surface area (Å²) < 4.78 is 0. The highest BCUT2D eigenvalue weighted by Gasteiger charge is 2.72. The molecule has 4 aliphatic rings. The van der Waals surface area contributed by atoms with Crippen LogP contribution in [0.2, 0.25) is 0 Å². The maximum absolute atomic E-state index is 13.8. The van der Waals surface area contributed by atoms with Gasteiger partial charge >= 0.3 is 0 Å². The van der Waals surface area contributed by atoms with Crippen LogP contribution >= 0.6 is 0 Å². The number of aromatic hydroxyl groups is 3. The van der Waals surface area contributed by atoms with Crippen LogP contribution < -0.4 is 5.32 Å². The number of allylic oxidation sites excluding steroid dienone is 1. The van der Waals surface area contributed by atoms with Gasteiger partial charge in [-0.05, 0) is 36.2 Å². The molecule has 0 radical (unpaired) electrons. The second-order valence-corrected chi connectivity index (χ2v) is 10.1. The molecule has 3 aliphatic carbocycles. The number of phenols is 3. The summed E-state index contributed by atoms with van der Waals surface area (Å²) in [6, 6.07) is 8.43. The van der Waals surface area contributed by atoms with Crippen molar-refractivity contribution in [2.45, 2.75) is 30.1 Å². The quantitative estimate of drug-likeness (QED) is 0.172. The fourth-order valence-electron chi connectivity index (χ4n) is 6.82. The topological polar surface area (TPSA) is 185 Å². The van der Waals surface area contributed by atoms with E-state index >= 15 is 0 Å². The predicted octanol–water partition coefficient (Wildman–Crippen LogP) is 2.18. The van der Waals surface area contributed by atoms with Gasteiger partial charge in [0.1, 0.15) is 28.5 Å². The van der Waals surface area contributed by atoms with E-state index in [4.69, 9.17) is 0 Å². The van der Waals surface area contributed by atoms with Crippen molar-refractivity contribution in [1.29, 1.82) is 0 Å². The Morgan fingerprint density at radius 1 is 0.737 bits per heavy atom. The smallest absolute Gasteiger partial charge is 0.207 e. The number of anilines is 1. The van der Waals surface area contributed by atoms with Crippen LogP contribution in [-0.2, 0) is 10.4 Å². The van der Waals surface area contributed by atoms with Crippen molar-refractivity contribution in [2.75, 3.05) is 5.32 Å². The zero-order valence-corrected chi connectivity index (χ0v) is 19.6. The molecule has 7 N–H and O–H groups in total. The van der Waals surface area contributed by atoms with Crippen molar-refractivity contribution >= 4 is 23.0 Å². The minimum atomic E-state index is -2.48. The number of nitrogens with one attached hydrogen (secondary N) is 1. The highest BCUT2D eigenvalue weighted by atomic mass is 16.4. The molecule has 3 aromatic carbocycles. The van der Waals surface area contributed by atoms with Crippen LogP contribution in [-0.4, -0.2) is 53.6 Å². The second kappa shape index (κ2) is 6.60. The summed E-state index contributed by atoms with van der Waals surface area (Å²) in [5.41, 5.74) is -6.39. The third-order valence-corrected chi connectivity index (χ3v) is 8.53. The van der Waals surface area contributed by atoms with Crippen molar-refractivity contribution in [1.82, 2.24) is 0 Å². The Kier molecular flexibility index (Phi) is 3.91. The first-order valence-corrected chi connectivity index (χ1v) is 11.8. The number of ketones is 3. The number of Topliss-reactive ketones (excluding diaryl/α,β-unsaturated/α-hetero) is 1. The highest BCUT2D eigenvalue weighted by molar-refractivity contribution is 6.33. The number of aliphatic hydroxyl groups is 3. The van der Waals surface area contributed by atoms with Gasteiger partial charge in [-0.15, -0.1) is 0 Å². The number of hydrogen-bond donors (Lipinski definition) is 7. The fraction of sp³-hybridized carbons (Fsp3) is 0.179. The van der Waals surface area contributed by atoms with Crippen molar-refractivity contribution in [3.63, 3.8) is 0 Å². The van der Waals surface area contributed by atoms with Gasteiger partial charge in [-0.3, -0.25) is 14.4 Å². The molecule has 0 fully saturated rings. The molecule has 0 saturated carbocycles. The average molecular weight is 513 g/mol. The minimum absolute atomic E-state index is 0.122. The van der Waals surface area contributed by atoms with Crippen LogP contribution in [0.15, 0.2) is 53.8 Å². The number of hydrogen-bond acceptors (Lipinski definition) is 10. The van der Waals surface area contributed by atoms with Crippen molar-refractivity contribution in [2.24, 2.45) is 0 Å². The van der Waals surface area contributed by atoms with Crippen LogP contribution in [0.4, 0.5) is 5.69 Å². The van der Waals surface area contributed by atoms with Crippen molar-refractivity contribution in [3.05, 3.63) is 92.7 Å². The summed E-state index contributed by atoms with van der Waals surface area (Å²) in [6.07, 6.45) is 0. The number of fused-ring (bicyclic) bond motifs is 7. The van der Waals surface area contributed by atoms with Crippen LogP contribution in [0, 0.1) is 0 Å². The molecule has 0 aromatic heterocycles. The second-order valence-electron chi connectivity index (χ2n) is 10.1. The third kappa shape index (κ3) is 2.13. The van der Waals surface area contributed by atoms with Gasteiger partial charge in [-0.1, -0.05) is 24.3 Å². The molecule has 0 amide bonds. The zero-order valence-electron chi connectivity index (χ0n) is 19.6. The molecule has 10 nitrogen and oxygen atoms in total. The number of rotatable bonds is 0. The maximum Gasteiger partial charge on any atom is 0.207 e. The van der Waals surface area contributed by atoms with E-state index in [1.54, 1.807) is 24.3 Å². The lowest BCUT2D eigenvalue weighted by molar-refractivity contribution is -0.185. The molecule has 7 rings (SSSR count). The first-order valence-electron chi connectivity index (χ1n) is 11.8. The molecule has 4 atom stereocenters.